The first-order valence-corrected chi connectivity index (χ1v) is 8.75. The zero-order valence-corrected chi connectivity index (χ0v) is 14.4. The zero-order chi connectivity index (χ0) is 16.1. The number of carbonyl (C=O) groups excluding carboxylic acids is 1. The number of nitrogens with zero attached hydrogens (tertiary/aromatic N) is 2. The van der Waals surface area contributed by atoms with E-state index in [0.29, 0.717) is 28.4 Å². The van der Waals surface area contributed by atoms with Crippen molar-refractivity contribution in [2.24, 2.45) is 0 Å². The molecule has 22 heavy (non-hydrogen) atoms. The molecule has 0 saturated heterocycles. The summed E-state index contributed by atoms with van der Waals surface area (Å²) in [6.45, 7) is 4.44. The summed E-state index contributed by atoms with van der Waals surface area (Å²) in [7, 11) is 1.25. The Balaban J connectivity index is 2.33. The third-order valence-corrected chi connectivity index (χ3v) is 5.35. The first-order valence-electron chi connectivity index (χ1n) is 6.71. The van der Waals surface area contributed by atoms with E-state index >= 15 is 0 Å². The summed E-state index contributed by atoms with van der Waals surface area (Å²) in [5.74, 6) is 0. The number of methoxy groups -OCH3 is 1. The Morgan fingerprint density at radius 2 is 2.23 bits per heavy atom. The highest BCUT2D eigenvalue weighted by atomic mass is 32.2. The maximum Gasteiger partial charge on any atom is 0.422 e. The minimum absolute atomic E-state index is 0.332. The lowest BCUT2D eigenvalue weighted by Gasteiger charge is -2.29. The molecule has 0 aliphatic carbocycles. The molecule has 3 heterocycles. The van der Waals surface area contributed by atoms with Crippen LogP contribution in [0.5, 0.6) is 0 Å². The van der Waals surface area contributed by atoms with E-state index in [2.05, 4.69) is 4.98 Å². The Morgan fingerprint density at radius 3 is 2.86 bits per heavy atom. The third-order valence-electron chi connectivity index (χ3n) is 3.61. The van der Waals surface area contributed by atoms with E-state index in [4.69, 9.17) is 9.47 Å². The molecule has 0 atom stereocenters. The largest absolute Gasteiger partial charge is 0.452 e. The van der Waals surface area contributed by atoms with Crippen LogP contribution in [0, 0.1) is 0 Å². The normalized spacial score (nSPS) is 16.5. The zero-order valence-electron chi connectivity index (χ0n) is 12.8. The van der Waals surface area contributed by atoms with Gasteiger partial charge in [0.2, 0.25) is 0 Å². The minimum atomic E-state index is -0.713. The summed E-state index contributed by atoms with van der Waals surface area (Å²) >= 11 is 2.70. The molecular weight excluding hydrogens is 324 g/mol. The van der Waals surface area contributed by atoms with Gasteiger partial charge in [-0.15, -0.1) is 11.3 Å². The SMILES string of the molecule is COC(=O)n1c(SC)nc2sc3c(c2c1=O)CC(C)(C)OC3. The van der Waals surface area contributed by atoms with Gasteiger partial charge in [0.25, 0.3) is 5.56 Å². The van der Waals surface area contributed by atoms with Gasteiger partial charge in [-0.05, 0) is 25.7 Å². The maximum atomic E-state index is 12.8. The highest BCUT2D eigenvalue weighted by molar-refractivity contribution is 7.98. The summed E-state index contributed by atoms with van der Waals surface area (Å²) < 4.78 is 11.5. The van der Waals surface area contributed by atoms with Crippen molar-refractivity contribution >= 4 is 39.4 Å². The number of thiophene rings is 1. The van der Waals surface area contributed by atoms with Crippen molar-refractivity contribution in [3.05, 3.63) is 20.8 Å². The predicted octanol–water partition coefficient (Wildman–Crippen LogP) is 2.65. The molecular formula is C14H16N2O4S2. The number of aromatic nitrogens is 2. The Kier molecular flexibility index (Phi) is 3.78. The van der Waals surface area contributed by atoms with E-state index in [1.54, 1.807) is 6.26 Å². The second-order valence-corrected chi connectivity index (χ2v) is 7.48. The molecule has 2 aromatic rings. The first kappa shape index (κ1) is 15.5. The second-order valence-electron chi connectivity index (χ2n) is 5.62. The number of rotatable bonds is 1. The molecule has 0 amide bonds. The number of fused-ring (bicyclic) bond motifs is 3. The number of carbonyl (C=O) groups is 1. The van der Waals surface area contributed by atoms with E-state index in [9.17, 15) is 9.59 Å². The number of hydrogen-bond acceptors (Lipinski definition) is 7. The average molecular weight is 340 g/mol. The molecule has 0 N–H and O–H groups in total. The van der Waals surface area contributed by atoms with Crippen molar-refractivity contribution in [1.29, 1.82) is 0 Å². The van der Waals surface area contributed by atoms with Gasteiger partial charge in [0.1, 0.15) is 4.83 Å². The number of thioether (sulfide) groups is 1. The quantitative estimate of drug-likeness (QED) is 0.587. The molecule has 8 heteroatoms. The Morgan fingerprint density at radius 1 is 1.50 bits per heavy atom. The minimum Gasteiger partial charge on any atom is -0.452 e. The van der Waals surface area contributed by atoms with E-state index in [1.165, 1.54) is 30.2 Å². The van der Waals surface area contributed by atoms with Crippen molar-refractivity contribution < 1.29 is 14.3 Å². The highest BCUT2D eigenvalue weighted by Crippen LogP contribution is 2.37. The fourth-order valence-electron chi connectivity index (χ4n) is 2.56. The molecule has 0 radical (unpaired) electrons. The molecule has 0 unspecified atom stereocenters. The lowest BCUT2D eigenvalue weighted by Crippen LogP contribution is -2.33. The summed E-state index contributed by atoms with van der Waals surface area (Å²) in [6, 6.07) is 0. The van der Waals surface area contributed by atoms with Crippen molar-refractivity contribution in [2.75, 3.05) is 13.4 Å². The van der Waals surface area contributed by atoms with Gasteiger partial charge in [0.15, 0.2) is 5.16 Å². The van der Waals surface area contributed by atoms with Crippen molar-refractivity contribution in [3.63, 3.8) is 0 Å². The van der Waals surface area contributed by atoms with Gasteiger partial charge in [-0.3, -0.25) is 4.79 Å². The monoisotopic (exact) mass is 340 g/mol. The summed E-state index contributed by atoms with van der Waals surface area (Å²) in [4.78, 5) is 30.9. The maximum absolute atomic E-state index is 12.8. The lowest BCUT2D eigenvalue weighted by atomic mass is 9.94. The standard InChI is InChI=1S/C14H16N2O4S2/c1-14(2)5-7-8(6-20-14)22-10-9(7)11(17)16(13(18)19-3)12(15-10)21-4/h5-6H2,1-4H3. The van der Waals surface area contributed by atoms with Crippen molar-refractivity contribution in [2.45, 2.75) is 37.6 Å². The van der Waals surface area contributed by atoms with Crippen LogP contribution in [-0.2, 0) is 22.5 Å². The van der Waals surface area contributed by atoms with Crippen molar-refractivity contribution in [1.82, 2.24) is 9.55 Å². The highest BCUT2D eigenvalue weighted by Gasteiger charge is 2.32. The van der Waals surface area contributed by atoms with Crippen LogP contribution in [0.1, 0.15) is 24.3 Å². The molecule has 2 aromatic heterocycles. The Bertz CT molecular complexity index is 822. The van der Waals surface area contributed by atoms with Crippen LogP contribution in [0.15, 0.2) is 9.95 Å². The van der Waals surface area contributed by atoms with Gasteiger partial charge < -0.3 is 9.47 Å². The van der Waals surface area contributed by atoms with Crippen LogP contribution in [0.25, 0.3) is 10.2 Å². The van der Waals surface area contributed by atoms with Crippen LogP contribution < -0.4 is 5.56 Å². The Labute approximate surface area is 135 Å². The number of hydrogen-bond donors (Lipinski definition) is 0. The van der Waals surface area contributed by atoms with Crippen LogP contribution in [0.3, 0.4) is 0 Å². The molecule has 1 aliphatic rings. The Hall–Kier alpha value is -1.38. The molecule has 0 fully saturated rings. The molecule has 6 nitrogen and oxygen atoms in total. The number of ether oxygens (including phenoxy) is 2. The third kappa shape index (κ3) is 2.35. The molecule has 118 valence electrons. The van der Waals surface area contributed by atoms with Gasteiger partial charge in [0, 0.05) is 11.3 Å². The molecule has 3 rings (SSSR count). The smallest absolute Gasteiger partial charge is 0.422 e. The predicted molar refractivity (Wildman–Crippen MR) is 86.0 cm³/mol. The summed E-state index contributed by atoms with van der Waals surface area (Å²) in [5.41, 5.74) is 0.247. The van der Waals surface area contributed by atoms with Gasteiger partial charge in [-0.2, -0.15) is 4.57 Å². The molecule has 1 aliphatic heterocycles. The summed E-state index contributed by atoms with van der Waals surface area (Å²) in [5, 5.41) is 0.850. The van der Waals surface area contributed by atoms with E-state index in [1.807, 2.05) is 13.8 Å². The fraction of sp³-hybridized carbons (Fsp3) is 0.500. The van der Waals surface area contributed by atoms with Crippen LogP contribution in [0.4, 0.5) is 4.79 Å². The lowest BCUT2D eigenvalue weighted by molar-refractivity contribution is -0.0379. The topological polar surface area (TPSA) is 70.4 Å². The van der Waals surface area contributed by atoms with E-state index in [-0.39, 0.29) is 11.2 Å². The van der Waals surface area contributed by atoms with Gasteiger partial charge in [-0.25, -0.2) is 9.78 Å². The van der Waals surface area contributed by atoms with Crippen LogP contribution in [0.2, 0.25) is 0 Å². The molecule has 0 spiro atoms. The first-order chi connectivity index (χ1) is 10.4. The summed E-state index contributed by atoms with van der Waals surface area (Å²) in [6.07, 6.45) is 1.68. The molecule has 0 saturated carbocycles. The van der Waals surface area contributed by atoms with Crippen LogP contribution in [-0.4, -0.2) is 34.6 Å². The van der Waals surface area contributed by atoms with Gasteiger partial charge in [0.05, 0.1) is 24.7 Å². The molecule has 0 bridgehead atoms. The average Bonchev–Trinajstić information content (AvgIpc) is 2.82. The van der Waals surface area contributed by atoms with E-state index < -0.39 is 6.09 Å². The van der Waals surface area contributed by atoms with Gasteiger partial charge in [-0.1, -0.05) is 11.8 Å². The van der Waals surface area contributed by atoms with Crippen LogP contribution >= 0.6 is 23.1 Å². The molecule has 0 aromatic carbocycles. The fourth-order valence-corrected chi connectivity index (χ4v) is 4.24. The van der Waals surface area contributed by atoms with Gasteiger partial charge >= 0.3 is 6.09 Å². The van der Waals surface area contributed by atoms with E-state index in [0.717, 1.165) is 15.0 Å². The second kappa shape index (κ2) is 5.36. The van der Waals surface area contributed by atoms with Crippen molar-refractivity contribution in [3.8, 4) is 0 Å².